The fourth-order valence-corrected chi connectivity index (χ4v) is 3.11. The average Bonchev–Trinajstić information content (AvgIpc) is 3.45. The van der Waals surface area contributed by atoms with Gasteiger partial charge in [-0.05, 0) is 68.4 Å². The molecule has 3 nitrogen and oxygen atoms in total. The minimum Gasteiger partial charge on any atom is -0.494 e. The van der Waals surface area contributed by atoms with Crippen molar-refractivity contribution in [2.24, 2.45) is 5.92 Å². The lowest BCUT2D eigenvalue weighted by Gasteiger charge is -2.26. The number of nitrogens with one attached hydrogen (secondary N) is 1. The Hall–Kier alpha value is -2.29. The molecule has 1 amide bonds. The number of rotatable bonds is 8. The van der Waals surface area contributed by atoms with Crippen molar-refractivity contribution < 1.29 is 9.53 Å². The lowest BCUT2D eigenvalue weighted by molar-refractivity contribution is -0.123. The molecule has 2 aromatic rings. The molecule has 0 spiro atoms. The van der Waals surface area contributed by atoms with E-state index in [9.17, 15) is 4.79 Å². The Morgan fingerprint density at radius 3 is 2.15 bits per heavy atom. The summed E-state index contributed by atoms with van der Waals surface area (Å²) in [7, 11) is 0. The molecule has 138 valence electrons. The quantitative estimate of drug-likeness (QED) is 0.727. The standard InChI is InChI=1S/C23H29NO2/c1-4-15-26-21-13-11-19(12-14-21)18-7-5-17(6-8-18)16-23(2,3)24-22(25)20-9-10-20/h5-8,11-14,20H,4,9-10,15-16H2,1-3H3,(H,24,25). The van der Waals surface area contributed by atoms with Crippen LogP contribution in [0.1, 0.15) is 45.6 Å². The predicted molar refractivity (Wildman–Crippen MR) is 106 cm³/mol. The summed E-state index contributed by atoms with van der Waals surface area (Å²) in [4.78, 5) is 12.0. The first kappa shape index (κ1) is 18.5. The van der Waals surface area contributed by atoms with Gasteiger partial charge in [0.25, 0.3) is 0 Å². The first-order valence-electron chi connectivity index (χ1n) is 9.61. The molecule has 0 aliphatic heterocycles. The minimum absolute atomic E-state index is 0.206. The number of hydrogen-bond acceptors (Lipinski definition) is 2. The third kappa shape index (κ3) is 5.10. The zero-order chi connectivity index (χ0) is 18.6. The molecule has 0 heterocycles. The van der Waals surface area contributed by atoms with Gasteiger partial charge in [-0.15, -0.1) is 0 Å². The largest absolute Gasteiger partial charge is 0.494 e. The van der Waals surface area contributed by atoms with Crippen LogP contribution in [0.4, 0.5) is 0 Å². The highest BCUT2D eigenvalue weighted by atomic mass is 16.5. The summed E-state index contributed by atoms with van der Waals surface area (Å²) in [6.07, 6.45) is 3.92. The second kappa shape index (κ2) is 7.94. The summed E-state index contributed by atoms with van der Waals surface area (Å²) in [6.45, 7) is 7.04. The van der Waals surface area contributed by atoms with Crippen molar-refractivity contribution in [1.82, 2.24) is 5.32 Å². The zero-order valence-electron chi connectivity index (χ0n) is 16.0. The molecule has 0 bridgehead atoms. The molecule has 0 aromatic heterocycles. The van der Waals surface area contributed by atoms with E-state index in [1.54, 1.807) is 0 Å². The van der Waals surface area contributed by atoms with Gasteiger partial charge >= 0.3 is 0 Å². The third-order valence-electron chi connectivity index (χ3n) is 4.67. The van der Waals surface area contributed by atoms with Crippen LogP contribution in [-0.4, -0.2) is 18.1 Å². The molecule has 26 heavy (non-hydrogen) atoms. The number of hydrogen-bond donors (Lipinski definition) is 1. The van der Waals surface area contributed by atoms with Crippen LogP contribution in [0.15, 0.2) is 48.5 Å². The van der Waals surface area contributed by atoms with Crippen LogP contribution in [0.25, 0.3) is 11.1 Å². The van der Waals surface area contributed by atoms with Crippen LogP contribution in [-0.2, 0) is 11.2 Å². The summed E-state index contributed by atoms with van der Waals surface area (Å²) >= 11 is 0. The average molecular weight is 351 g/mol. The van der Waals surface area contributed by atoms with E-state index in [2.05, 4.69) is 62.5 Å². The first-order valence-corrected chi connectivity index (χ1v) is 9.61. The summed E-state index contributed by atoms with van der Waals surface area (Å²) in [5.41, 5.74) is 3.38. The predicted octanol–water partition coefficient (Wildman–Crippen LogP) is 4.99. The number of ether oxygens (including phenoxy) is 1. The van der Waals surface area contributed by atoms with Crippen molar-refractivity contribution in [3.63, 3.8) is 0 Å². The molecule has 1 N–H and O–H groups in total. The van der Waals surface area contributed by atoms with Gasteiger partial charge in [-0.2, -0.15) is 0 Å². The Labute approximate surface area is 156 Å². The van der Waals surface area contributed by atoms with Crippen LogP contribution in [0, 0.1) is 5.92 Å². The van der Waals surface area contributed by atoms with Crippen molar-refractivity contribution >= 4 is 5.91 Å². The topological polar surface area (TPSA) is 38.3 Å². The van der Waals surface area contributed by atoms with Gasteiger partial charge in [0.1, 0.15) is 5.75 Å². The highest BCUT2D eigenvalue weighted by molar-refractivity contribution is 5.81. The van der Waals surface area contributed by atoms with E-state index in [1.807, 2.05) is 12.1 Å². The highest BCUT2D eigenvalue weighted by Crippen LogP contribution is 2.30. The van der Waals surface area contributed by atoms with E-state index in [4.69, 9.17) is 4.74 Å². The van der Waals surface area contributed by atoms with Gasteiger partial charge in [-0.25, -0.2) is 0 Å². The van der Waals surface area contributed by atoms with Crippen LogP contribution < -0.4 is 10.1 Å². The summed E-state index contributed by atoms with van der Waals surface area (Å²) in [5.74, 6) is 1.37. The summed E-state index contributed by atoms with van der Waals surface area (Å²) in [6, 6.07) is 16.8. The van der Waals surface area contributed by atoms with Crippen molar-refractivity contribution in [2.75, 3.05) is 6.61 Å². The van der Waals surface area contributed by atoms with Crippen LogP contribution >= 0.6 is 0 Å². The van der Waals surface area contributed by atoms with Gasteiger partial charge in [0, 0.05) is 11.5 Å². The number of carbonyl (C=O) groups excluding carboxylic acids is 1. The van der Waals surface area contributed by atoms with Crippen molar-refractivity contribution in [3.05, 3.63) is 54.1 Å². The fraction of sp³-hybridized carbons (Fsp3) is 0.435. The van der Waals surface area contributed by atoms with Gasteiger partial charge in [0.15, 0.2) is 0 Å². The Balaban J connectivity index is 1.61. The van der Waals surface area contributed by atoms with Gasteiger partial charge in [0.2, 0.25) is 5.91 Å². The Bertz CT molecular complexity index is 728. The molecule has 0 saturated heterocycles. The molecule has 0 unspecified atom stereocenters. The lowest BCUT2D eigenvalue weighted by atomic mass is 9.93. The Morgan fingerprint density at radius 2 is 1.62 bits per heavy atom. The van der Waals surface area contributed by atoms with Crippen molar-refractivity contribution in [1.29, 1.82) is 0 Å². The van der Waals surface area contributed by atoms with E-state index in [-0.39, 0.29) is 17.4 Å². The number of benzene rings is 2. The van der Waals surface area contributed by atoms with E-state index in [1.165, 1.54) is 16.7 Å². The second-order valence-electron chi connectivity index (χ2n) is 7.89. The van der Waals surface area contributed by atoms with E-state index >= 15 is 0 Å². The number of carbonyl (C=O) groups is 1. The molecule has 3 rings (SSSR count). The van der Waals surface area contributed by atoms with E-state index in [0.29, 0.717) is 0 Å². The zero-order valence-corrected chi connectivity index (χ0v) is 16.0. The third-order valence-corrected chi connectivity index (χ3v) is 4.67. The lowest BCUT2D eigenvalue weighted by Crippen LogP contribution is -2.45. The molecule has 2 aromatic carbocycles. The Morgan fingerprint density at radius 1 is 1.04 bits per heavy atom. The van der Waals surface area contributed by atoms with Crippen LogP contribution in [0.2, 0.25) is 0 Å². The molecular weight excluding hydrogens is 322 g/mol. The smallest absolute Gasteiger partial charge is 0.223 e. The molecule has 0 radical (unpaired) electrons. The summed E-state index contributed by atoms with van der Waals surface area (Å²) < 4.78 is 5.64. The first-order chi connectivity index (χ1) is 12.5. The summed E-state index contributed by atoms with van der Waals surface area (Å²) in [5, 5.41) is 3.18. The van der Waals surface area contributed by atoms with E-state index < -0.39 is 0 Å². The van der Waals surface area contributed by atoms with E-state index in [0.717, 1.165) is 38.0 Å². The molecule has 3 heteroatoms. The second-order valence-corrected chi connectivity index (χ2v) is 7.89. The maximum Gasteiger partial charge on any atom is 0.223 e. The fourth-order valence-electron chi connectivity index (χ4n) is 3.11. The van der Waals surface area contributed by atoms with Crippen molar-refractivity contribution in [3.8, 4) is 16.9 Å². The SMILES string of the molecule is CCCOc1ccc(-c2ccc(CC(C)(C)NC(=O)C3CC3)cc2)cc1. The minimum atomic E-state index is -0.223. The number of amides is 1. The Kier molecular flexibility index (Phi) is 5.65. The normalized spacial score (nSPS) is 14.1. The molecule has 1 fully saturated rings. The van der Waals surface area contributed by atoms with Crippen molar-refractivity contribution in [2.45, 2.75) is 52.0 Å². The maximum atomic E-state index is 12.0. The monoisotopic (exact) mass is 351 g/mol. The molecule has 1 aliphatic carbocycles. The van der Waals surface area contributed by atoms with Gasteiger partial charge < -0.3 is 10.1 Å². The maximum absolute atomic E-state index is 12.0. The van der Waals surface area contributed by atoms with Crippen LogP contribution in [0.3, 0.4) is 0 Å². The molecular formula is C23H29NO2. The van der Waals surface area contributed by atoms with Gasteiger partial charge in [-0.1, -0.05) is 43.3 Å². The van der Waals surface area contributed by atoms with Crippen LogP contribution in [0.5, 0.6) is 5.75 Å². The molecule has 0 atom stereocenters. The highest BCUT2D eigenvalue weighted by Gasteiger charge is 2.33. The van der Waals surface area contributed by atoms with Gasteiger partial charge in [0.05, 0.1) is 6.61 Å². The molecule has 1 aliphatic rings. The van der Waals surface area contributed by atoms with Gasteiger partial charge in [-0.3, -0.25) is 4.79 Å². The molecule has 1 saturated carbocycles.